The molecule has 1 aromatic carbocycles. The molecule has 1 heterocycles. The summed E-state index contributed by atoms with van der Waals surface area (Å²) in [4.78, 5) is 1.15. The van der Waals surface area contributed by atoms with Crippen LogP contribution in [-0.4, -0.2) is 0 Å². The summed E-state index contributed by atoms with van der Waals surface area (Å²) in [6, 6.07) is 11.8. The Morgan fingerprint density at radius 2 is 2.18 bits per heavy atom. The van der Waals surface area contributed by atoms with Crippen molar-refractivity contribution in [2.24, 2.45) is 0 Å². The van der Waals surface area contributed by atoms with E-state index in [4.69, 9.17) is 16.9 Å². The molecule has 0 atom stereocenters. The lowest BCUT2D eigenvalue weighted by Gasteiger charge is -2.07. The van der Waals surface area contributed by atoms with Gasteiger partial charge in [0.05, 0.1) is 15.6 Å². The molecule has 0 unspecified atom stereocenters. The predicted molar refractivity (Wildman–Crippen MR) is 72.5 cm³/mol. The number of hydrogen-bond donors (Lipinski definition) is 1. The maximum Gasteiger partial charge on any atom is 0.101 e. The first-order valence-corrected chi connectivity index (χ1v) is 6.37. The number of nitrogens with zero attached hydrogens (tertiary/aromatic N) is 1. The van der Waals surface area contributed by atoms with E-state index in [1.807, 2.05) is 37.3 Å². The molecule has 0 aliphatic carbocycles. The first-order chi connectivity index (χ1) is 8.19. The van der Waals surface area contributed by atoms with Gasteiger partial charge in [-0.3, -0.25) is 0 Å². The summed E-state index contributed by atoms with van der Waals surface area (Å²) in [5.41, 5.74) is 2.67. The number of nitrogens with one attached hydrogen (secondary N) is 1. The highest BCUT2D eigenvalue weighted by Gasteiger charge is 2.03. The van der Waals surface area contributed by atoms with Crippen LogP contribution >= 0.6 is 22.9 Å². The number of halogens is 1. The van der Waals surface area contributed by atoms with Crippen molar-refractivity contribution in [2.45, 2.75) is 13.5 Å². The Kier molecular flexibility index (Phi) is 3.68. The van der Waals surface area contributed by atoms with Crippen LogP contribution in [0, 0.1) is 18.3 Å². The Morgan fingerprint density at radius 3 is 2.82 bits per heavy atom. The van der Waals surface area contributed by atoms with Gasteiger partial charge in [0.25, 0.3) is 0 Å². The van der Waals surface area contributed by atoms with Gasteiger partial charge in [-0.15, -0.1) is 11.3 Å². The van der Waals surface area contributed by atoms with Crippen LogP contribution in [0.4, 0.5) is 5.69 Å². The van der Waals surface area contributed by atoms with Crippen molar-refractivity contribution >= 4 is 28.6 Å². The van der Waals surface area contributed by atoms with Gasteiger partial charge in [0.1, 0.15) is 6.07 Å². The van der Waals surface area contributed by atoms with Crippen molar-refractivity contribution < 1.29 is 0 Å². The van der Waals surface area contributed by atoms with Gasteiger partial charge in [0.2, 0.25) is 0 Å². The normalized spacial score (nSPS) is 9.94. The smallest absolute Gasteiger partial charge is 0.101 e. The minimum absolute atomic E-state index is 0.665. The van der Waals surface area contributed by atoms with Crippen LogP contribution in [0.5, 0.6) is 0 Å². The van der Waals surface area contributed by atoms with E-state index in [2.05, 4.69) is 11.4 Å². The molecule has 2 aromatic rings. The zero-order valence-electron chi connectivity index (χ0n) is 9.33. The standard InChI is InChI=1S/C13H11ClN2S/c1-9-2-3-10(7-15)12(6-9)16-8-11-4-5-13(14)17-11/h2-6,16H,8H2,1H3. The maximum atomic E-state index is 9.00. The molecule has 17 heavy (non-hydrogen) atoms. The van der Waals surface area contributed by atoms with Crippen molar-refractivity contribution in [3.63, 3.8) is 0 Å². The lowest BCUT2D eigenvalue weighted by Crippen LogP contribution is -1.99. The molecule has 0 radical (unpaired) electrons. The van der Waals surface area contributed by atoms with Crippen LogP contribution in [0.15, 0.2) is 30.3 Å². The van der Waals surface area contributed by atoms with E-state index < -0.39 is 0 Å². The number of benzene rings is 1. The summed E-state index contributed by atoms with van der Waals surface area (Å²) in [6.07, 6.45) is 0. The molecular formula is C13H11ClN2S. The quantitative estimate of drug-likeness (QED) is 0.900. The first-order valence-electron chi connectivity index (χ1n) is 5.18. The fourth-order valence-electron chi connectivity index (χ4n) is 1.53. The van der Waals surface area contributed by atoms with E-state index in [-0.39, 0.29) is 0 Å². The van der Waals surface area contributed by atoms with E-state index in [9.17, 15) is 0 Å². The SMILES string of the molecule is Cc1ccc(C#N)c(NCc2ccc(Cl)s2)c1. The van der Waals surface area contributed by atoms with Gasteiger partial charge in [0.15, 0.2) is 0 Å². The zero-order chi connectivity index (χ0) is 12.3. The topological polar surface area (TPSA) is 35.8 Å². The molecule has 2 nitrogen and oxygen atoms in total. The molecule has 0 aliphatic rings. The Labute approximate surface area is 109 Å². The minimum Gasteiger partial charge on any atom is -0.379 e. The summed E-state index contributed by atoms with van der Waals surface area (Å²) in [5, 5.41) is 12.3. The van der Waals surface area contributed by atoms with Gasteiger partial charge in [-0.1, -0.05) is 17.7 Å². The van der Waals surface area contributed by atoms with Crippen molar-refractivity contribution in [1.82, 2.24) is 0 Å². The third-order valence-electron chi connectivity index (χ3n) is 2.38. The van der Waals surface area contributed by atoms with Crippen LogP contribution in [0.25, 0.3) is 0 Å². The van der Waals surface area contributed by atoms with E-state index in [0.29, 0.717) is 12.1 Å². The van der Waals surface area contributed by atoms with Gasteiger partial charge in [-0.2, -0.15) is 5.26 Å². The van der Waals surface area contributed by atoms with Gasteiger partial charge in [0, 0.05) is 11.4 Å². The van der Waals surface area contributed by atoms with Crippen molar-refractivity contribution in [1.29, 1.82) is 5.26 Å². The fraction of sp³-hybridized carbons (Fsp3) is 0.154. The van der Waals surface area contributed by atoms with Crippen LogP contribution in [0.1, 0.15) is 16.0 Å². The van der Waals surface area contributed by atoms with Crippen molar-refractivity contribution in [3.8, 4) is 6.07 Å². The molecule has 0 bridgehead atoms. The number of rotatable bonds is 3. The van der Waals surface area contributed by atoms with E-state index in [0.717, 1.165) is 20.5 Å². The van der Waals surface area contributed by atoms with Crippen LogP contribution in [0.3, 0.4) is 0 Å². The van der Waals surface area contributed by atoms with E-state index >= 15 is 0 Å². The highest BCUT2D eigenvalue weighted by molar-refractivity contribution is 7.16. The molecule has 0 saturated heterocycles. The zero-order valence-corrected chi connectivity index (χ0v) is 10.9. The molecule has 0 aliphatic heterocycles. The molecule has 0 amide bonds. The summed E-state index contributed by atoms with van der Waals surface area (Å²) in [6.45, 7) is 2.70. The average Bonchev–Trinajstić information content (AvgIpc) is 2.73. The largest absolute Gasteiger partial charge is 0.379 e. The van der Waals surface area contributed by atoms with Crippen molar-refractivity contribution in [2.75, 3.05) is 5.32 Å². The second-order valence-electron chi connectivity index (χ2n) is 3.72. The van der Waals surface area contributed by atoms with Crippen LogP contribution < -0.4 is 5.32 Å². The average molecular weight is 263 g/mol. The summed E-state index contributed by atoms with van der Waals surface area (Å²) in [5.74, 6) is 0. The first kappa shape index (κ1) is 12.0. The summed E-state index contributed by atoms with van der Waals surface area (Å²) >= 11 is 7.41. The Balaban J connectivity index is 2.13. The number of thiophene rings is 1. The third-order valence-corrected chi connectivity index (χ3v) is 3.61. The molecule has 1 aromatic heterocycles. The molecule has 1 N–H and O–H groups in total. The molecule has 0 spiro atoms. The van der Waals surface area contributed by atoms with E-state index in [1.54, 1.807) is 11.3 Å². The molecule has 2 rings (SSSR count). The molecule has 4 heteroatoms. The molecule has 0 saturated carbocycles. The van der Waals surface area contributed by atoms with Gasteiger partial charge >= 0.3 is 0 Å². The van der Waals surface area contributed by atoms with Crippen LogP contribution in [0.2, 0.25) is 4.34 Å². The highest BCUT2D eigenvalue weighted by Crippen LogP contribution is 2.23. The number of hydrogen-bond acceptors (Lipinski definition) is 3. The molecule has 0 fully saturated rings. The Morgan fingerprint density at radius 1 is 1.35 bits per heavy atom. The van der Waals surface area contributed by atoms with Gasteiger partial charge in [-0.05, 0) is 36.8 Å². The third kappa shape index (κ3) is 3.00. The molecular weight excluding hydrogens is 252 g/mol. The lowest BCUT2D eigenvalue weighted by atomic mass is 10.1. The second-order valence-corrected chi connectivity index (χ2v) is 5.52. The number of anilines is 1. The Hall–Kier alpha value is -1.50. The second kappa shape index (κ2) is 5.22. The molecule has 86 valence electrons. The summed E-state index contributed by atoms with van der Waals surface area (Å²) < 4.78 is 0.784. The number of nitriles is 1. The monoisotopic (exact) mass is 262 g/mol. The van der Waals surface area contributed by atoms with Gasteiger partial charge < -0.3 is 5.32 Å². The lowest BCUT2D eigenvalue weighted by molar-refractivity contribution is 1.18. The predicted octanol–water partition coefficient (Wildman–Crippen LogP) is 4.19. The maximum absolute atomic E-state index is 9.00. The van der Waals surface area contributed by atoms with Crippen molar-refractivity contribution in [3.05, 3.63) is 50.7 Å². The number of aryl methyl sites for hydroxylation is 1. The minimum atomic E-state index is 0.665. The van der Waals surface area contributed by atoms with E-state index in [1.165, 1.54) is 0 Å². The summed E-state index contributed by atoms with van der Waals surface area (Å²) in [7, 11) is 0. The highest BCUT2D eigenvalue weighted by atomic mass is 35.5. The fourth-order valence-corrected chi connectivity index (χ4v) is 2.56. The van der Waals surface area contributed by atoms with Gasteiger partial charge in [-0.25, -0.2) is 0 Å². The Bertz CT molecular complexity index is 569. The van der Waals surface area contributed by atoms with Crippen LogP contribution in [-0.2, 0) is 6.54 Å².